The molecule has 0 aromatic carbocycles. The number of thioether (sulfide) groups is 1. The topological polar surface area (TPSA) is 58.6 Å². The Kier molecular flexibility index (Phi) is 7.92. The Morgan fingerprint density at radius 1 is 1.45 bits per heavy atom. The summed E-state index contributed by atoms with van der Waals surface area (Å²) in [7, 11) is 0. The Morgan fingerprint density at radius 2 is 2.10 bits per heavy atom. The molecule has 5 heteroatoms. The summed E-state index contributed by atoms with van der Waals surface area (Å²) in [6.45, 7) is 5.06. The molecule has 1 unspecified atom stereocenters. The highest BCUT2D eigenvalue weighted by atomic mass is 32.2. The number of esters is 1. The number of aliphatic hydroxyl groups is 1. The monoisotopic (exact) mass is 303 g/mol. The van der Waals surface area contributed by atoms with Crippen molar-refractivity contribution in [3.63, 3.8) is 0 Å². The molecule has 0 aliphatic heterocycles. The fourth-order valence-electron chi connectivity index (χ4n) is 2.68. The SMILES string of the molecule is CCOC(=O)C1CCC(O)(CNC(CC)CSC)CC1. The Bertz CT molecular complexity index is 291. The van der Waals surface area contributed by atoms with E-state index in [9.17, 15) is 9.90 Å². The minimum absolute atomic E-state index is 0.0246. The molecule has 0 amide bonds. The lowest BCUT2D eigenvalue weighted by Gasteiger charge is -2.36. The second kappa shape index (κ2) is 8.90. The summed E-state index contributed by atoms with van der Waals surface area (Å²) in [5.74, 6) is 0.942. The lowest BCUT2D eigenvalue weighted by Crippen LogP contribution is -2.47. The second-order valence-corrected chi connectivity index (χ2v) is 6.60. The van der Waals surface area contributed by atoms with Gasteiger partial charge in [-0.2, -0.15) is 11.8 Å². The van der Waals surface area contributed by atoms with Gasteiger partial charge in [0.25, 0.3) is 0 Å². The molecule has 0 radical (unpaired) electrons. The van der Waals surface area contributed by atoms with Crippen molar-refractivity contribution >= 4 is 17.7 Å². The standard InChI is InChI=1S/C15H29NO3S/c1-4-13(10-20-3)16-11-15(18)8-6-12(7-9-15)14(17)19-5-2/h12-13,16,18H,4-11H2,1-3H3. The largest absolute Gasteiger partial charge is 0.466 e. The molecule has 0 spiro atoms. The first kappa shape index (κ1) is 17.8. The van der Waals surface area contributed by atoms with Gasteiger partial charge in [-0.3, -0.25) is 4.79 Å². The summed E-state index contributed by atoms with van der Waals surface area (Å²) >= 11 is 1.82. The minimum Gasteiger partial charge on any atom is -0.466 e. The van der Waals surface area contributed by atoms with Crippen molar-refractivity contribution in [2.24, 2.45) is 5.92 Å². The van der Waals surface area contributed by atoms with Gasteiger partial charge in [-0.15, -0.1) is 0 Å². The Labute approximate surface area is 127 Å². The van der Waals surface area contributed by atoms with Crippen LogP contribution in [0.4, 0.5) is 0 Å². The van der Waals surface area contributed by atoms with Crippen molar-refractivity contribution < 1.29 is 14.6 Å². The molecule has 0 aromatic heterocycles. The highest BCUT2D eigenvalue weighted by molar-refractivity contribution is 7.98. The van der Waals surface area contributed by atoms with E-state index < -0.39 is 5.60 Å². The zero-order valence-corrected chi connectivity index (χ0v) is 13.8. The highest BCUT2D eigenvalue weighted by Crippen LogP contribution is 2.32. The zero-order chi connectivity index (χ0) is 15.0. The van der Waals surface area contributed by atoms with Gasteiger partial charge in [0, 0.05) is 18.3 Å². The minimum atomic E-state index is -0.658. The maximum atomic E-state index is 11.7. The maximum absolute atomic E-state index is 11.7. The smallest absolute Gasteiger partial charge is 0.308 e. The Hall–Kier alpha value is -0.260. The van der Waals surface area contributed by atoms with Gasteiger partial charge < -0.3 is 15.2 Å². The molecule has 0 saturated heterocycles. The molecule has 1 atom stereocenters. The van der Waals surface area contributed by atoms with Gasteiger partial charge in [0.05, 0.1) is 18.1 Å². The van der Waals surface area contributed by atoms with Crippen LogP contribution < -0.4 is 5.32 Å². The van der Waals surface area contributed by atoms with Crippen LogP contribution in [-0.2, 0) is 9.53 Å². The fourth-order valence-corrected chi connectivity index (χ4v) is 3.44. The van der Waals surface area contributed by atoms with Crippen molar-refractivity contribution in [2.75, 3.05) is 25.2 Å². The van der Waals surface area contributed by atoms with Gasteiger partial charge in [0.15, 0.2) is 0 Å². The fraction of sp³-hybridized carbons (Fsp3) is 0.933. The van der Waals surface area contributed by atoms with Crippen molar-refractivity contribution in [3.05, 3.63) is 0 Å². The zero-order valence-electron chi connectivity index (χ0n) is 13.0. The molecule has 1 aliphatic rings. The summed E-state index contributed by atoms with van der Waals surface area (Å²) < 4.78 is 5.06. The van der Waals surface area contributed by atoms with Crippen molar-refractivity contribution in [1.29, 1.82) is 0 Å². The van der Waals surface area contributed by atoms with Gasteiger partial charge in [-0.25, -0.2) is 0 Å². The predicted octanol–water partition coefficient (Wildman–Crippen LogP) is 2.20. The third-order valence-corrected chi connectivity index (χ3v) is 4.85. The van der Waals surface area contributed by atoms with Crippen LogP contribution >= 0.6 is 11.8 Å². The van der Waals surface area contributed by atoms with E-state index in [-0.39, 0.29) is 11.9 Å². The summed E-state index contributed by atoms with van der Waals surface area (Å²) in [6.07, 6.45) is 6.00. The van der Waals surface area contributed by atoms with E-state index in [1.54, 1.807) is 0 Å². The van der Waals surface area contributed by atoms with Crippen LogP contribution in [0.25, 0.3) is 0 Å². The van der Waals surface area contributed by atoms with E-state index in [2.05, 4.69) is 18.5 Å². The van der Waals surface area contributed by atoms with Crippen LogP contribution in [0, 0.1) is 5.92 Å². The number of nitrogens with one attached hydrogen (secondary N) is 1. The molecule has 20 heavy (non-hydrogen) atoms. The van der Waals surface area contributed by atoms with Crippen LogP contribution in [0.1, 0.15) is 46.0 Å². The van der Waals surface area contributed by atoms with Crippen LogP contribution in [0.15, 0.2) is 0 Å². The average Bonchev–Trinajstić information content (AvgIpc) is 2.44. The van der Waals surface area contributed by atoms with Gasteiger partial charge in [-0.05, 0) is 45.3 Å². The quantitative estimate of drug-likeness (QED) is 0.673. The first-order chi connectivity index (χ1) is 9.54. The average molecular weight is 303 g/mol. The summed E-state index contributed by atoms with van der Waals surface area (Å²) in [4.78, 5) is 11.7. The number of carbonyl (C=O) groups excluding carboxylic acids is 1. The molecule has 1 saturated carbocycles. The van der Waals surface area contributed by atoms with Crippen molar-refractivity contribution in [3.8, 4) is 0 Å². The molecular weight excluding hydrogens is 274 g/mol. The second-order valence-electron chi connectivity index (χ2n) is 5.69. The number of rotatable bonds is 8. The van der Waals surface area contributed by atoms with E-state index in [0.717, 1.165) is 25.0 Å². The van der Waals surface area contributed by atoms with E-state index >= 15 is 0 Å². The number of hydrogen-bond donors (Lipinski definition) is 2. The molecule has 1 aliphatic carbocycles. The first-order valence-corrected chi connectivity index (χ1v) is 9.05. The molecule has 0 aromatic rings. The highest BCUT2D eigenvalue weighted by Gasteiger charge is 2.36. The molecule has 2 N–H and O–H groups in total. The van der Waals surface area contributed by atoms with E-state index in [1.807, 2.05) is 18.7 Å². The van der Waals surface area contributed by atoms with Gasteiger partial charge in [0.2, 0.25) is 0 Å². The number of ether oxygens (including phenoxy) is 1. The molecule has 1 fully saturated rings. The third kappa shape index (κ3) is 5.62. The summed E-state index contributed by atoms with van der Waals surface area (Å²) in [5, 5.41) is 14.1. The van der Waals surface area contributed by atoms with E-state index in [1.165, 1.54) is 0 Å². The van der Waals surface area contributed by atoms with E-state index in [0.29, 0.717) is 32.0 Å². The summed E-state index contributed by atoms with van der Waals surface area (Å²) in [5.41, 5.74) is -0.658. The van der Waals surface area contributed by atoms with Gasteiger partial charge >= 0.3 is 5.97 Å². The Morgan fingerprint density at radius 3 is 2.60 bits per heavy atom. The van der Waals surface area contributed by atoms with Crippen LogP contribution in [0.2, 0.25) is 0 Å². The lowest BCUT2D eigenvalue weighted by molar-refractivity contribution is -0.151. The lowest BCUT2D eigenvalue weighted by atomic mass is 9.78. The first-order valence-electron chi connectivity index (χ1n) is 7.66. The molecule has 0 heterocycles. The van der Waals surface area contributed by atoms with Gasteiger partial charge in [-0.1, -0.05) is 6.92 Å². The predicted molar refractivity (Wildman–Crippen MR) is 84.0 cm³/mol. The summed E-state index contributed by atoms with van der Waals surface area (Å²) in [6, 6.07) is 0.455. The van der Waals surface area contributed by atoms with Crippen LogP contribution in [-0.4, -0.2) is 47.9 Å². The van der Waals surface area contributed by atoms with E-state index in [4.69, 9.17) is 4.74 Å². The normalized spacial score (nSPS) is 28.1. The number of carbonyl (C=O) groups is 1. The molecule has 118 valence electrons. The van der Waals surface area contributed by atoms with Crippen LogP contribution in [0.5, 0.6) is 0 Å². The number of hydrogen-bond acceptors (Lipinski definition) is 5. The van der Waals surface area contributed by atoms with Gasteiger partial charge in [0.1, 0.15) is 0 Å². The molecule has 4 nitrogen and oxygen atoms in total. The van der Waals surface area contributed by atoms with Crippen LogP contribution in [0.3, 0.4) is 0 Å². The maximum Gasteiger partial charge on any atom is 0.308 e. The van der Waals surface area contributed by atoms with Crippen molar-refractivity contribution in [1.82, 2.24) is 5.32 Å². The molecule has 1 rings (SSSR count). The van der Waals surface area contributed by atoms with Crippen molar-refractivity contribution in [2.45, 2.75) is 57.6 Å². The Balaban J connectivity index is 2.36. The third-order valence-electron chi connectivity index (χ3n) is 4.12. The molecular formula is C15H29NO3S. The molecule has 0 bridgehead atoms.